The van der Waals surface area contributed by atoms with Crippen LogP contribution in [0.1, 0.15) is 19.8 Å². The molecular formula is C19H24N2O5S2. The van der Waals surface area contributed by atoms with Crippen LogP contribution in [0.3, 0.4) is 0 Å². The lowest BCUT2D eigenvalue weighted by Gasteiger charge is -2.13. The van der Waals surface area contributed by atoms with Gasteiger partial charge in [-0.25, -0.2) is 8.42 Å². The van der Waals surface area contributed by atoms with Gasteiger partial charge >= 0.3 is 0 Å². The van der Waals surface area contributed by atoms with E-state index in [-0.39, 0.29) is 33.7 Å². The second-order valence-electron chi connectivity index (χ2n) is 5.94. The summed E-state index contributed by atoms with van der Waals surface area (Å²) in [6, 6.07) is 10.3. The first-order chi connectivity index (χ1) is 13.4. The van der Waals surface area contributed by atoms with E-state index in [1.54, 1.807) is 24.3 Å². The smallest absolute Gasteiger partial charge is 0.262 e. The number of hydrogen-bond acceptors (Lipinski definition) is 6. The molecule has 0 heterocycles. The Morgan fingerprint density at radius 2 is 1.93 bits per heavy atom. The summed E-state index contributed by atoms with van der Waals surface area (Å²) in [6.45, 7) is 2.07. The number of benzene rings is 2. The van der Waals surface area contributed by atoms with Crippen molar-refractivity contribution in [1.29, 1.82) is 0 Å². The van der Waals surface area contributed by atoms with Gasteiger partial charge < -0.3 is 15.2 Å². The third-order valence-corrected chi connectivity index (χ3v) is 6.19. The van der Waals surface area contributed by atoms with Crippen LogP contribution in [-0.2, 0) is 14.8 Å². The summed E-state index contributed by atoms with van der Waals surface area (Å²) < 4.78 is 33.0. The number of phenols is 1. The molecule has 0 unspecified atom stereocenters. The largest absolute Gasteiger partial charge is 0.506 e. The summed E-state index contributed by atoms with van der Waals surface area (Å²) >= 11 is 1.49. The van der Waals surface area contributed by atoms with Gasteiger partial charge in [0.2, 0.25) is 5.91 Å². The van der Waals surface area contributed by atoms with Crippen LogP contribution in [0.4, 0.5) is 11.4 Å². The molecule has 3 N–H and O–H groups in total. The van der Waals surface area contributed by atoms with Crippen LogP contribution >= 0.6 is 11.8 Å². The van der Waals surface area contributed by atoms with Gasteiger partial charge in [-0.2, -0.15) is 11.8 Å². The van der Waals surface area contributed by atoms with Gasteiger partial charge in [0.15, 0.2) is 0 Å². The number of rotatable bonds is 10. The highest BCUT2D eigenvalue weighted by molar-refractivity contribution is 7.99. The van der Waals surface area contributed by atoms with E-state index in [9.17, 15) is 18.3 Å². The van der Waals surface area contributed by atoms with Gasteiger partial charge in [-0.3, -0.25) is 9.52 Å². The van der Waals surface area contributed by atoms with Crippen molar-refractivity contribution in [2.24, 2.45) is 0 Å². The highest BCUT2D eigenvalue weighted by Crippen LogP contribution is 2.30. The number of anilines is 2. The van der Waals surface area contributed by atoms with Crippen molar-refractivity contribution in [3.05, 3.63) is 42.5 Å². The van der Waals surface area contributed by atoms with E-state index in [4.69, 9.17) is 4.74 Å². The number of carbonyl (C=O) groups is 1. The molecule has 7 nitrogen and oxygen atoms in total. The topological polar surface area (TPSA) is 105 Å². The molecule has 0 bridgehead atoms. The van der Waals surface area contributed by atoms with E-state index in [2.05, 4.69) is 17.0 Å². The summed E-state index contributed by atoms with van der Waals surface area (Å²) in [5, 5.41) is 12.5. The van der Waals surface area contributed by atoms with E-state index in [1.807, 2.05) is 0 Å². The molecule has 28 heavy (non-hydrogen) atoms. The SMILES string of the molecule is CCCCSCC(=O)Nc1cc(S(=O)(=O)Nc2ccccc2OC)ccc1O. The maximum atomic E-state index is 12.7. The van der Waals surface area contributed by atoms with Crippen LogP contribution in [0, 0.1) is 0 Å². The van der Waals surface area contributed by atoms with Crippen molar-refractivity contribution >= 4 is 39.1 Å². The molecule has 2 aromatic carbocycles. The zero-order valence-electron chi connectivity index (χ0n) is 15.8. The molecule has 2 aromatic rings. The quantitative estimate of drug-likeness (QED) is 0.397. The van der Waals surface area contributed by atoms with E-state index in [0.29, 0.717) is 5.75 Å². The normalized spacial score (nSPS) is 11.1. The number of methoxy groups -OCH3 is 1. The van der Waals surface area contributed by atoms with Crippen LogP contribution < -0.4 is 14.8 Å². The molecule has 0 saturated heterocycles. The minimum atomic E-state index is -3.94. The first-order valence-corrected chi connectivity index (χ1v) is 11.4. The van der Waals surface area contributed by atoms with Crippen molar-refractivity contribution in [1.82, 2.24) is 0 Å². The molecule has 0 saturated carbocycles. The average molecular weight is 425 g/mol. The number of carbonyl (C=O) groups excluding carboxylic acids is 1. The minimum Gasteiger partial charge on any atom is -0.506 e. The summed E-state index contributed by atoms with van der Waals surface area (Å²) in [4.78, 5) is 11.9. The molecule has 0 aliphatic carbocycles. The minimum absolute atomic E-state index is 0.0454. The molecule has 0 aliphatic rings. The molecule has 0 spiro atoms. The molecule has 0 radical (unpaired) electrons. The first kappa shape index (κ1) is 21.9. The summed E-state index contributed by atoms with van der Waals surface area (Å²) in [7, 11) is -2.50. The van der Waals surface area contributed by atoms with Crippen molar-refractivity contribution in [3.8, 4) is 11.5 Å². The monoisotopic (exact) mass is 424 g/mol. The summed E-state index contributed by atoms with van der Waals surface area (Å²) in [6.07, 6.45) is 2.07. The maximum absolute atomic E-state index is 12.7. The number of para-hydroxylation sites is 2. The number of unbranched alkanes of at least 4 members (excludes halogenated alkanes) is 1. The second-order valence-corrected chi connectivity index (χ2v) is 8.73. The molecule has 0 fully saturated rings. The second kappa shape index (κ2) is 10.2. The molecule has 0 aliphatic heterocycles. The zero-order valence-corrected chi connectivity index (χ0v) is 17.4. The van der Waals surface area contributed by atoms with Crippen LogP contribution in [0.25, 0.3) is 0 Å². The summed E-state index contributed by atoms with van der Waals surface area (Å²) in [5.74, 6) is 0.970. The Morgan fingerprint density at radius 1 is 1.18 bits per heavy atom. The van der Waals surface area contributed by atoms with E-state index in [1.165, 1.54) is 37.1 Å². The Balaban J connectivity index is 2.15. The van der Waals surface area contributed by atoms with E-state index < -0.39 is 10.0 Å². The van der Waals surface area contributed by atoms with Crippen molar-refractivity contribution in [2.45, 2.75) is 24.7 Å². The van der Waals surface area contributed by atoms with Crippen molar-refractivity contribution in [2.75, 3.05) is 28.7 Å². The standard InChI is InChI=1S/C19H24N2O5S2/c1-3-4-11-27-13-19(23)20-16-12-14(9-10-17(16)22)28(24,25)21-15-7-5-6-8-18(15)26-2/h5-10,12,21-22H,3-4,11,13H2,1-2H3,(H,20,23). The first-order valence-electron chi connectivity index (χ1n) is 8.74. The van der Waals surface area contributed by atoms with Crippen LogP contribution in [0.5, 0.6) is 11.5 Å². The van der Waals surface area contributed by atoms with Gasteiger partial charge in [0.1, 0.15) is 11.5 Å². The Labute approximate surface area is 169 Å². The van der Waals surface area contributed by atoms with Gasteiger partial charge in [-0.15, -0.1) is 0 Å². The predicted octanol–water partition coefficient (Wildman–Crippen LogP) is 3.67. The lowest BCUT2D eigenvalue weighted by Crippen LogP contribution is -2.16. The van der Waals surface area contributed by atoms with Gasteiger partial charge in [-0.05, 0) is 42.5 Å². The molecule has 9 heteroatoms. The van der Waals surface area contributed by atoms with Gasteiger partial charge in [0.25, 0.3) is 10.0 Å². The fourth-order valence-electron chi connectivity index (χ4n) is 2.31. The number of sulfonamides is 1. The third-order valence-electron chi connectivity index (χ3n) is 3.78. The highest BCUT2D eigenvalue weighted by atomic mass is 32.2. The van der Waals surface area contributed by atoms with E-state index in [0.717, 1.165) is 18.6 Å². The summed E-state index contributed by atoms with van der Waals surface area (Å²) in [5.41, 5.74) is 0.333. The number of phenolic OH excluding ortho intramolecular Hbond substituents is 1. The van der Waals surface area contributed by atoms with Gasteiger partial charge in [0.05, 0.1) is 29.1 Å². The number of aromatic hydroxyl groups is 1. The number of amides is 1. The van der Waals surface area contributed by atoms with Crippen LogP contribution in [0.2, 0.25) is 0 Å². The van der Waals surface area contributed by atoms with Crippen molar-refractivity contribution < 1.29 is 23.1 Å². The van der Waals surface area contributed by atoms with Crippen LogP contribution in [-0.4, -0.2) is 38.0 Å². The number of ether oxygens (including phenoxy) is 1. The fraction of sp³-hybridized carbons (Fsp3) is 0.316. The molecular weight excluding hydrogens is 400 g/mol. The Morgan fingerprint density at radius 3 is 2.64 bits per heavy atom. The van der Waals surface area contributed by atoms with Gasteiger partial charge in [-0.1, -0.05) is 25.5 Å². The number of nitrogens with one attached hydrogen (secondary N) is 2. The highest BCUT2D eigenvalue weighted by Gasteiger charge is 2.19. The van der Waals surface area contributed by atoms with Gasteiger partial charge in [0, 0.05) is 0 Å². The average Bonchev–Trinajstić information content (AvgIpc) is 2.67. The number of hydrogen-bond donors (Lipinski definition) is 3. The lowest BCUT2D eigenvalue weighted by atomic mass is 10.3. The van der Waals surface area contributed by atoms with Crippen LogP contribution in [0.15, 0.2) is 47.4 Å². The number of thioether (sulfide) groups is 1. The third kappa shape index (κ3) is 6.07. The molecule has 0 aromatic heterocycles. The Bertz CT molecular complexity index is 916. The lowest BCUT2D eigenvalue weighted by molar-refractivity contribution is -0.113. The molecule has 152 valence electrons. The fourth-order valence-corrected chi connectivity index (χ4v) is 4.30. The predicted molar refractivity (Wildman–Crippen MR) is 113 cm³/mol. The molecule has 2 rings (SSSR count). The molecule has 1 amide bonds. The van der Waals surface area contributed by atoms with E-state index >= 15 is 0 Å². The van der Waals surface area contributed by atoms with Crippen molar-refractivity contribution in [3.63, 3.8) is 0 Å². The Kier molecular flexibility index (Phi) is 8.01. The maximum Gasteiger partial charge on any atom is 0.262 e. The molecule has 0 atom stereocenters. The zero-order chi connectivity index (χ0) is 20.6. The Hall–Kier alpha value is -2.39.